The lowest BCUT2D eigenvalue weighted by Gasteiger charge is -2.35. The van der Waals surface area contributed by atoms with Crippen LogP contribution in [-0.4, -0.2) is 74.0 Å². The van der Waals surface area contributed by atoms with Crippen molar-refractivity contribution < 1.29 is 38.5 Å². The van der Waals surface area contributed by atoms with Crippen LogP contribution in [0.25, 0.3) is 31.8 Å². The van der Waals surface area contributed by atoms with Crippen molar-refractivity contribution >= 4 is 39.1 Å². The summed E-state index contributed by atoms with van der Waals surface area (Å²) in [6.45, 7) is 6.52. The number of carbonyl (C=O) groups excluding carboxylic acids is 3. The van der Waals surface area contributed by atoms with Gasteiger partial charge in [0.15, 0.2) is 5.75 Å². The van der Waals surface area contributed by atoms with Crippen molar-refractivity contribution in [3.05, 3.63) is 150 Å². The van der Waals surface area contributed by atoms with E-state index in [1.54, 1.807) is 59.3 Å². The fourth-order valence-electron chi connectivity index (χ4n) is 7.89. The molecule has 8 rings (SSSR count). The van der Waals surface area contributed by atoms with Gasteiger partial charge in [0.05, 0.1) is 41.3 Å². The van der Waals surface area contributed by atoms with E-state index in [1.807, 2.05) is 81.6 Å². The molecule has 1 aliphatic rings. The number of aliphatic hydroxyl groups is 1. The van der Waals surface area contributed by atoms with Gasteiger partial charge in [-0.3, -0.25) is 19.1 Å². The molecular formula is C52H49FN6O7S. The molecule has 3 amide bonds. The lowest BCUT2D eigenvalue weighted by atomic mass is 9.85. The Kier molecular flexibility index (Phi) is 13.7. The molecule has 7 aromatic rings. The summed E-state index contributed by atoms with van der Waals surface area (Å²) in [5.74, 6) is 0.462. The summed E-state index contributed by atoms with van der Waals surface area (Å²) in [5, 5.41) is 41.0. The van der Waals surface area contributed by atoms with Crippen molar-refractivity contribution in [1.29, 1.82) is 5.26 Å². The van der Waals surface area contributed by atoms with Gasteiger partial charge < -0.3 is 35.2 Å². The number of phenols is 1. The van der Waals surface area contributed by atoms with E-state index in [1.165, 1.54) is 28.4 Å². The number of ether oxygens (including phenoxy) is 2. The summed E-state index contributed by atoms with van der Waals surface area (Å²) in [5.41, 5.74) is 3.73. The molecule has 1 aliphatic heterocycles. The number of aromatic nitrogens is 2. The second-order valence-corrected chi connectivity index (χ2v) is 18.5. The van der Waals surface area contributed by atoms with Gasteiger partial charge in [-0.15, -0.1) is 11.3 Å². The zero-order valence-electron chi connectivity index (χ0n) is 37.1. The van der Waals surface area contributed by atoms with Gasteiger partial charge in [-0.05, 0) is 94.9 Å². The number of β-amino-alcohol motifs (C(OH)–C–C–N with tert-alkyl or cyclic N) is 1. The molecule has 1 saturated heterocycles. The van der Waals surface area contributed by atoms with E-state index in [0.717, 1.165) is 42.9 Å². The molecule has 5 aromatic carbocycles. The third-order valence-corrected chi connectivity index (χ3v) is 12.6. The van der Waals surface area contributed by atoms with Gasteiger partial charge in [0.2, 0.25) is 17.7 Å². The van der Waals surface area contributed by atoms with Gasteiger partial charge in [-0.1, -0.05) is 69.3 Å². The number of nitrogens with one attached hydrogen (secondary N) is 2. The van der Waals surface area contributed by atoms with E-state index < -0.39 is 35.4 Å². The normalized spacial score (nSPS) is 15.2. The van der Waals surface area contributed by atoms with Crippen molar-refractivity contribution in [1.82, 2.24) is 25.3 Å². The highest BCUT2D eigenvalue weighted by molar-refractivity contribution is 7.22. The molecule has 1 fully saturated rings. The van der Waals surface area contributed by atoms with E-state index in [4.69, 9.17) is 19.8 Å². The molecule has 3 heterocycles. The highest BCUT2D eigenvalue weighted by atomic mass is 32.1. The number of aliphatic hydroxyl groups excluding tert-OH is 1. The third-order valence-electron chi connectivity index (χ3n) is 11.5. The molecule has 0 unspecified atom stereocenters. The minimum absolute atomic E-state index is 0.0173. The van der Waals surface area contributed by atoms with Crippen molar-refractivity contribution in [2.24, 2.45) is 5.41 Å². The summed E-state index contributed by atoms with van der Waals surface area (Å²) in [6, 6.07) is 35.0. The number of halogens is 1. The molecule has 3 atom stereocenters. The molecule has 342 valence electrons. The molecule has 0 saturated carbocycles. The zero-order valence-corrected chi connectivity index (χ0v) is 37.9. The van der Waals surface area contributed by atoms with E-state index in [-0.39, 0.29) is 43.4 Å². The Balaban J connectivity index is 0.827. The van der Waals surface area contributed by atoms with E-state index in [0.29, 0.717) is 36.0 Å². The number of aromatic hydroxyl groups is 1. The zero-order chi connectivity index (χ0) is 47.2. The van der Waals surface area contributed by atoms with E-state index in [9.17, 15) is 29.0 Å². The number of hydrogen-bond donors (Lipinski definition) is 4. The van der Waals surface area contributed by atoms with Crippen LogP contribution in [0.2, 0.25) is 0 Å². The summed E-state index contributed by atoms with van der Waals surface area (Å²) < 4.78 is 28.7. The van der Waals surface area contributed by atoms with Gasteiger partial charge in [-0.25, -0.2) is 4.39 Å². The number of amides is 3. The first-order chi connectivity index (χ1) is 32.2. The maximum Gasteiger partial charge on any atom is 0.246 e. The van der Waals surface area contributed by atoms with Gasteiger partial charge >= 0.3 is 0 Å². The van der Waals surface area contributed by atoms with Gasteiger partial charge in [0.25, 0.3) is 0 Å². The molecule has 2 aromatic heterocycles. The SMILES string of the molecule is CC(C)(C)[C@H](NC(=O)Cc1ccc(-c2ccn(CCOc3ccc(Oc4c(-c5ccc(F)cc5)sc5cc(O)ccc45)cc3)n2)cc1)C(=O)N1C[C@H](O)C[C@H]1C(=O)NCc1ccc(C#N)cc1. The Bertz CT molecular complexity index is 2920. The van der Waals surface area contributed by atoms with Crippen LogP contribution in [0.5, 0.6) is 23.0 Å². The number of fused-ring (bicyclic) bond motifs is 1. The molecule has 4 N–H and O–H groups in total. The number of rotatable bonds is 15. The molecule has 13 nitrogen and oxygen atoms in total. The molecule has 67 heavy (non-hydrogen) atoms. The maximum atomic E-state index is 14.0. The minimum Gasteiger partial charge on any atom is -0.508 e. The fourth-order valence-corrected chi connectivity index (χ4v) is 9.06. The van der Waals surface area contributed by atoms with Crippen LogP contribution in [0.15, 0.2) is 128 Å². The number of likely N-dealkylation sites (tertiary alicyclic amines) is 1. The highest BCUT2D eigenvalue weighted by Crippen LogP contribution is 2.47. The molecule has 0 radical (unpaired) electrons. The predicted octanol–water partition coefficient (Wildman–Crippen LogP) is 8.37. The van der Waals surface area contributed by atoms with Gasteiger partial charge in [-0.2, -0.15) is 10.4 Å². The van der Waals surface area contributed by atoms with Crippen LogP contribution in [0.1, 0.15) is 43.9 Å². The van der Waals surface area contributed by atoms with Crippen molar-refractivity contribution in [3.8, 4) is 50.8 Å². The smallest absolute Gasteiger partial charge is 0.246 e. The van der Waals surface area contributed by atoms with Crippen LogP contribution >= 0.6 is 11.3 Å². The summed E-state index contributed by atoms with van der Waals surface area (Å²) in [4.78, 5) is 43.0. The number of nitriles is 1. The lowest BCUT2D eigenvalue weighted by Crippen LogP contribution is -2.58. The Morgan fingerprint density at radius 1 is 0.910 bits per heavy atom. The van der Waals surface area contributed by atoms with Crippen molar-refractivity contribution in [3.63, 3.8) is 0 Å². The second kappa shape index (κ2) is 19.9. The van der Waals surface area contributed by atoms with E-state index in [2.05, 4.69) is 16.7 Å². The first kappa shape index (κ1) is 46.0. The molecule has 0 aliphatic carbocycles. The number of phenolic OH excluding ortho intramolecular Hbond substituents is 1. The van der Waals surface area contributed by atoms with Crippen molar-refractivity contribution in [2.45, 2.75) is 64.9 Å². The highest BCUT2D eigenvalue weighted by Gasteiger charge is 2.44. The Morgan fingerprint density at radius 2 is 1.60 bits per heavy atom. The second-order valence-electron chi connectivity index (χ2n) is 17.5. The minimum atomic E-state index is -0.960. The van der Waals surface area contributed by atoms with E-state index >= 15 is 0 Å². The van der Waals surface area contributed by atoms with Crippen LogP contribution in [0.4, 0.5) is 4.39 Å². The topological polar surface area (TPSA) is 179 Å². The number of carbonyl (C=O) groups is 3. The van der Waals surface area contributed by atoms with Gasteiger partial charge in [0.1, 0.15) is 41.8 Å². The molecule has 0 bridgehead atoms. The first-order valence-electron chi connectivity index (χ1n) is 21.8. The van der Waals surface area contributed by atoms with Crippen LogP contribution < -0.4 is 20.1 Å². The quantitative estimate of drug-likeness (QED) is 0.0787. The van der Waals surface area contributed by atoms with Crippen LogP contribution in [0.3, 0.4) is 0 Å². The number of thiophene rings is 1. The first-order valence-corrected chi connectivity index (χ1v) is 22.6. The van der Waals surface area contributed by atoms with Crippen molar-refractivity contribution in [2.75, 3.05) is 13.2 Å². The Hall–Kier alpha value is -7.54. The average Bonchev–Trinajstić information content (AvgIpc) is 4.05. The summed E-state index contributed by atoms with van der Waals surface area (Å²) >= 11 is 1.45. The van der Waals surface area contributed by atoms with Crippen LogP contribution in [-0.2, 0) is 33.9 Å². The largest absolute Gasteiger partial charge is 0.508 e. The summed E-state index contributed by atoms with van der Waals surface area (Å²) in [7, 11) is 0. The number of benzene rings is 5. The average molecular weight is 921 g/mol. The Morgan fingerprint density at radius 3 is 2.30 bits per heavy atom. The van der Waals surface area contributed by atoms with Crippen LogP contribution in [0, 0.1) is 22.6 Å². The molecular weight excluding hydrogens is 872 g/mol. The maximum absolute atomic E-state index is 14.0. The monoisotopic (exact) mass is 920 g/mol. The predicted molar refractivity (Wildman–Crippen MR) is 253 cm³/mol. The lowest BCUT2D eigenvalue weighted by molar-refractivity contribution is -0.144. The summed E-state index contributed by atoms with van der Waals surface area (Å²) in [6.07, 6.45) is 1.07. The fraction of sp³-hybridized carbons (Fsp3) is 0.250. The number of hydrogen-bond acceptors (Lipinski definition) is 10. The standard InChI is InChI=1S/C52H49FN6O7S/c1-52(2,3)49(51(64)59-31-39(61)27-44(59)50(63)55-30-34-6-4-33(29-54)5-7-34)56-46(62)26-32-8-10-35(11-9-32)43-22-23-58(57-43)24-25-65-40-17-19-41(20-18-40)66-47-42-21-16-38(60)28-45(42)67-48(47)36-12-14-37(53)15-13-36/h4-23,28,39,44,49,60-61H,24-27,30-31H2,1-3H3,(H,55,63)(H,56,62)/t39-,44+,49-/m1/s1. The van der Waals surface area contributed by atoms with Gasteiger partial charge in [0, 0.05) is 41.4 Å². The number of nitrogens with zero attached hydrogens (tertiary/aromatic N) is 4. The molecule has 15 heteroatoms. The molecule has 0 spiro atoms. The third kappa shape index (κ3) is 11.1. The Labute approximate surface area is 391 Å².